The van der Waals surface area contributed by atoms with Crippen molar-refractivity contribution >= 4 is 5.78 Å². The summed E-state index contributed by atoms with van der Waals surface area (Å²) in [7, 11) is 0. The summed E-state index contributed by atoms with van der Waals surface area (Å²) in [6.45, 7) is 0. The van der Waals surface area contributed by atoms with Gasteiger partial charge in [-0.05, 0) is 12.2 Å². The summed E-state index contributed by atoms with van der Waals surface area (Å²) in [5.74, 6) is -3.67. The van der Waals surface area contributed by atoms with Gasteiger partial charge in [0.05, 0.1) is 5.92 Å². The fourth-order valence-electron chi connectivity index (χ4n) is 1.55. The number of hydrogen-bond donors (Lipinski definition) is 0. The Balaban J connectivity index is 2.18. The molecule has 0 aliphatic heterocycles. The molecular weight excluding hydrogens is 210 g/mol. The minimum absolute atomic E-state index is 0.163. The van der Waals surface area contributed by atoms with E-state index in [-0.39, 0.29) is 5.78 Å². The highest BCUT2D eigenvalue weighted by molar-refractivity contribution is 6.00. The van der Waals surface area contributed by atoms with E-state index in [2.05, 4.69) is 0 Å². The number of rotatable bonds is 2. The number of allylic oxidation sites excluding steroid dienone is 4. The second-order valence-electron chi connectivity index (χ2n) is 3.65. The minimum atomic E-state index is -2.92. The highest BCUT2D eigenvalue weighted by Gasteiger charge is 2.27. The van der Waals surface area contributed by atoms with Crippen LogP contribution in [-0.4, -0.2) is 11.7 Å². The lowest BCUT2D eigenvalue weighted by Gasteiger charge is -2.15. The molecule has 0 N–H and O–H groups in total. The maximum atomic E-state index is 12.8. The van der Waals surface area contributed by atoms with Crippen molar-refractivity contribution in [1.82, 2.24) is 0 Å². The highest BCUT2D eigenvalue weighted by atomic mass is 19.3. The van der Waals surface area contributed by atoms with Crippen molar-refractivity contribution in [3.8, 4) is 0 Å². The number of alkyl halides is 2. The first-order chi connectivity index (χ1) is 7.58. The van der Waals surface area contributed by atoms with Gasteiger partial charge >= 0.3 is 0 Å². The first-order valence-electron chi connectivity index (χ1n) is 4.94. The fourth-order valence-corrected chi connectivity index (χ4v) is 1.55. The molecule has 1 aliphatic rings. The van der Waals surface area contributed by atoms with Crippen LogP contribution >= 0.6 is 0 Å². The molecule has 0 fully saturated rings. The van der Waals surface area contributed by atoms with Crippen LogP contribution in [0.3, 0.4) is 0 Å². The van der Waals surface area contributed by atoms with Crippen LogP contribution in [0.4, 0.5) is 8.78 Å². The Labute approximate surface area is 92.1 Å². The summed E-state index contributed by atoms with van der Waals surface area (Å²) in [6.07, 6.45) is 4.02. The average Bonchev–Trinajstić information content (AvgIpc) is 2.29. The zero-order valence-corrected chi connectivity index (χ0v) is 8.44. The molecule has 0 radical (unpaired) electrons. The normalized spacial score (nSPS) is 18.6. The second kappa shape index (κ2) is 4.00. The van der Waals surface area contributed by atoms with Crippen molar-refractivity contribution in [1.29, 1.82) is 0 Å². The molecule has 0 saturated heterocycles. The molecule has 1 aromatic carbocycles. The minimum Gasteiger partial charge on any atom is -0.293 e. The van der Waals surface area contributed by atoms with Crippen LogP contribution in [0.25, 0.3) is 0 Å². The standard InChI is InChI=1S/C13H10F2O/c14-13(15)8-6-11(7-9-13)12(16)10-4-2-1-3-5-10/h1-9,11H. The van der Waals surface area contributed by atoms with E-state index in [1.807, 2.05) is 0 Å². The molecule has 0 atom stereocenters. The molecule has 0 amide bonds. The molecule has 82 valence electrons. The van der Waals surface area contributed by atoms with Gasteiger partial charge in [0.1, 0.15) is 0 Å². The van der Waals surface area contributed by atoms with Crippen LogP contribution in [0.15, 0.2) is 54.6 Å². The van der Waals surface area contributed by atoms with Crippen LogP contribution in [0.5, 0.6) is 0 Å². The Morgan fingerprint density at radius 1 is 1.06 bits per heavy atom. The van der Waals surface area contributed by atoms with Crippen LogP contribution in [-0.2, 0) is 0 Å². The Bertz CT molecular complexity index is 430. The van der Waals surface area contributed by atoms with Gasteiger partial charge in [-0.1, -0.05) is 42.5 Å². The summed E-state index contributed by atoms with van der Waals surface area (Å²) >= 11 is 0. The van der Waals surface area contributed by atoms with Gasteiger partial charge in [0.15, 0.2) is 5.78 Å². The van der Waals surface area contributed by atoms with E-state index < -0.39 is 11.8 Å². The van der Waals surface area contributed by atoms with E-state index in [0.717, 1.165) is 12.2 Å². The van der Waals surface area contributed by atoms with Crippen molar-refractivity contribution in [3.05, 3.63) is 60.2 Å². The van der Waals surface area contributed by atoms with Crippen molar-refractivity contribution < 1.29 is 13.6 Å². The predicted molar refractivity (Wildman–Crippen MR) is 57.5 cm³/mol. The summed E-state index contributed by atoms with van der Waals surface area (Å²) in [6, 6.07) is 8.65. The summed E-state index contributed by atoms with van der Waals surface area (Å²) in [4.78, 5) is 11.9. The van der Waals surface area contributed by atoms with Crippen LogP contribution in [0.1, 0.15) is 10.4 Å². The quantitative estimate of drug-likeness (QED) is 0.552. The van der Waals surface area contributed by atoms with E-state index in [1.165, 1.54) is 12.2 Å². The van der Waals surface area contributed by atoms with Crippen molar-refractivity contribution in [3.63, 3.8) is 0 Å². The number of Topliss-reactive ketones (excluding diaryl/α,β-unsaturated/α-hetero) is 1. The largest absolute Gasteiger partial charge is 0.293 e. The molecule has 0 heterocycles. The third kappa shape index (κ3) is 2.24. The Hall–Kier alpha value is -1.77. The van der Waals surface area contributed by atoms with Gasteiger partial charge in [0.2, 0.25) is 0 Å². The lowest BCUT2D eigenvalue weighted by molar-refractivity contribution is 0.0939. The topological polar surface area (TPSA) is 17.1 Å². The van der Waals surface area contributed by atoms with Gasteiger partial charge in [-0.3, -0.25) is 4.79 Å². The van der Waals surface area contributed by atoms with Gasteiger partial charge in [-0.2, -0.15) is 8.78 Å². The molecule has 0 unspecified atom stereocenters. The smallest absolute Gasteiger partial charge is 0.284 e. The predicted octanol–water partition coefficient (Wildman–Crippen LogP) is 3.25. The van der Waals surface area contributed by atoms with E-state index in [0.29, 0.717) is 5.56 Å². The van der Waals surface area contributed by atoms with Crippen LogP contribution < -0.4 is 0 Å². The Kier molecular flexibility index (Phi) is 2.69. The first-order valence-corrected chi connectivity index (χ1v) is 4.94. The van der Waals surface area contributed by atoms with Gasteiger partial charge in [0.25, 0.3) is 5.92 Å². The lowest BCUT2D eigenvalue weighted by atomic mass is 9.93. The fraction of sp³-hybridized carbons (Fsp3) is 0.154. The number of halogens is 2. The molecular formula is C13H10F2O. The van der Waals surface area contributed by atoms with E-state index in [4.69, 9.17) is 0 Å². The van der Waals surface area contributed by atoms with E-state index in [9.17, 15) is 13.6 Å². The highest BCUT2D eigenvalue weighted by Crippen LogP contribution is 2.25. The number of benzene rings is 1. The maximum Gasteiger partial charge on any atom is 0.284 e. The summed E-state index contributed by atoms with van der Waals surface area (Å²) < 4.78 is 25.5. The Morgan fingerprint density at radius 2 is 1.62 bits per heavy atom. The molecule has 0 saturated carbocycles. The van der Waals surface area contributed by atoms with Gasteiger partial charge in [-0.25, -0.2) is 0 Å². The molecule has 0 spiro atoms. The summed E-state index contributed by atoms with van der Waals surface area (Å²) in [5.41, 5.74) is 0.534. The van der Waals surface area contributed by atoms with E-state index >= 15 is 0 Å². The third-order valence-corrected chi connectivity index (χ3v) is 2.41. The SMILES string of the molecule is O=C(c1ccccc1)C1C=CC(F)(F)C=C1. The molecule has 2 rings (SSSR count). The molecule has 0 bridgehead atoms. The number of carbonyl (C=O) groups is 1. The number of ketones is 1. The molecule has 3 heteroatoms. The van der Waals surface area contributed by atoms with Crippen LogP contribution in [0.2, 0.25) is 0 Å². The molecule has 16 heavy (non-hydrogen) atoms. The van der Waals surface area contributed by atoms with Crippen molar-refractivity contribution in [2.45, 2.75) is 5.92 Å². The average molecular weight is 220 g/mol. The first kappa shape index (κ1) is 10.7. The van der Waals surface area contributed by atoms with Gasteiger partial charge in [0, 0.05) is 5.56 Å². The summed E-state index contributed by atoms with van der Waals surface area (Å²) in [5, 5.41) is 0. The van der Waals surface area contributed by atoms with Gasteiger partial charge < -0.3 is 0 Å². The third-order valence-electron chi connectivity index (χ3n) is 2.41. The van der Waals surface area contributed by atoms with Gasteiger partial charge in [-0.15, -0.1) is 0 Å². The zero-order valence-electron chi connectivity index (χ0n) is 8.44. The monoisotopic (exact) mass is 220 g/mol. The van der Waals surface area contributed by atoms with Crippen molar-refractivity contribution in [2.24, 2.45) is 5.92 Å². The molecule has 0 aromatic heterocycles. The van der Waals surface area contributed by atoms with Crippen molar-refractivity contribution in [2.75, 3.05) is 0 Å². The maximum absolute atomic E-state index is 12.8. The molecule has 1 aliphatic carbocycles. The van der Waals surface area contributed by atoms with Crippen LogP contribution in [0, 0.1) is 5.92 Å². The Morgan fingerprint density at radius 3 is 2.19 bits per heavy atom. The number of carbonyl (C=O) groups excluding carboxylic acids is 1. The second-order valence-corrected chi connectivity index (χ2v) is 3.65. The lowest BCUT2D eigenvalue weighted by Crippen LogP contribution is -2.18. The number of hydrogen-bond acceptors (Lipinski definition) is 1. The molecule has 1 aromatic rings. The molecule has 1 nitrogen and oxygen atoms in total. The van der Waals surface area contributed by atoms with E-state index in [1.54, 1.807) is 30.3 Å². The zero-order chi connectivity index (χ0) is 11.6.